The van der Waals surface area contributed by atoms with Crippen LogP contribution in [0.2, 0.25) is 0 Å². The van der Waals surface area contributed by atoms with Crippen molar-refractivity contribution in [2.24, 2.45) is 12.8 Å². The first-order valence-electron chi connectivity index (χ1n) is 4.42. The van der Waals surface area contributed by atoms with Crippen molar-refractivity contribution in [3.05, 3.63) is 24.6 Å². The van der Waals surface area contributed by atoms with Gasteiger partial charge in [0.1, 0.15) is 5.69 Å². The first kappa shape index (κ1) is 8.96. The number of hydrogen-bond donors (Lipinski definition) is 1. The summed E-state index contributed by atoms with van der Waals surface area (Å²) in [6.07, 6.45) is 5.94. The van der Waals surface area contributed by atoms with E-state index in [1.54, 1.807) is 12.5 Å². The van der Waals surface area contributed by atoms with Crippen LogP contribution in [0.4, 0.5) is 0 Å². The van der Waals surface area contributed by atoms with Gasteiger partial charge >= 0.3 is 0 Å². The summed E-state index contributed by atoms with van der Waals surface area (Å²) >= 11 is 0. The molecule has 0 fully saturated rings. The zero-order chi connectivity index (χ0) is 9.97. The number of oxazole rings is 1. The summed E-state index contributed by atoms with van der Waals surface area (Å²) in [6, 6.07) is 0. The Morgan fingerprint density at radius 2 is 2.36 bits per heavy atom. The summed E-state index contributed by atoms with van der Waals surface area (Å²) in [4.78, 5) is 8.25. The number of nitrogens with two attached hydrogens (primary N) is 1. The highest BCUT2D eigenvalue weighted by Gasteiger charge is 2.07. The first-order valence-corrected chi connectivity index (χ1v) is 4.42. The molecule has 0 unspecified atom stereocenters. The number of aromatic nitrogens is 3. The van der Waals surface area contributed by atoms with Crippen LogP contribution in [0.5, 0.6) is 0 Å². The van der Waals surface area contributed by atoms with Gasteiger partial charge in [0.25, 0.3) is 0 Å². The van der Waals surface area contributed by atoms with Gasteiger partial charge in [0.05, 0.1) is 12.5 Å². The van der Waals surface area contributed by atoms with Crippen LogP contribution in [-0.4, -0.2) is 21.1 Å². The molecule has 0 aromatic carbocycles. The third-order valence-electron chi connectivity index (χ3n) is 1.87. The second kappa shape index (κ2) is 3.63. The van der Waals surface area contributed by atoms with Gasteiger partial charge in [0, 0.05) is 26.2 Å². The molecule has 2 heterocycles. The Morgan fingerprint density at radius 1 is 1.50 bits per heavy atom. The standard InChI is InChI=1S/C9H12N4O/c1-13-5-7(12-6-13)8-4-11-9(14-8)2-3-10/h4-6H,2-3,10H2,1H3. The Labute approximate surface area is 81.6 Å². The SMILES string of the molecule is Cn1cnc(-c2cnc(CCN)o2)c1. The molecule has 2 aromatic rings. The van der Waals surface area contributed by atoms with E-state index >= 15 is 0 Å². The Bertz CT molecular complexity index is 418. The molecule has 0 aliphatic carbocycles. The van der Waals surface area contributed by atoms with E-state index in [9.17, 15) is 0 Å². The van der Waals surface area contributed by atoms with E-state index in [-0.39, 0.29) is 0 Å². The average Bonchev–Trinajstić information content (AvgIpc) is 2.74. The molecule has 0 aliphatic rings. The number of aryl methyl sites for hydroxylation is 1. The van der Waals surface area contributed by atoms with Gasteiger partial charge in [-0.05, 0) is 0 Å². The minimum Gasteiger partial charge on any atom is -0.439 e. The van der Waals surface area contributed by atoms with Crippen LogP contribution in [0, 0.1) is 0 Å². The van der Waals surface area contributed by atoms with Gasteiger partial charge in [-0.2, -0.15) is 0 Å². The third-order valence-corrected chi connectivity index (χ3v) is 1.87. The topological polar surface area (TPSA) is 69.9 Å². The fourth-order valence-electron chi connectivity index (χ4n) is 1.21. The molecule has 74 valence electrons. The number of nitrogens with zero attached hydrogens (tertiary/aromatic N) is 3. The molecular formula is C9H12N4O. The molecule has 0 amide bonds. The number of imidazole rings is 1. The molecular weight excluding hydrogens is 180 g/mol. The molecule has 5 heteroatoms. The van der Waals surface area contributed by atoms with E-state index in [1.807, 2.05) is 17.8 Å². The van der Waals surface area contributed by atoms with Crippen molar-refractivity contribution in [2.75, 3.05) is 6.54 Å². The number of rotatable bonds is 3. The monoisotopic (exact) mass is 192 g/mol. The second-order valence-electron chi connectivity index (χ2n) is 3.08. The zero-order valence-corrected chi connectivity index (χ0v) is 7.97. The predicted molar refractivity (Wildman–Crippen MR) is 51.5 cm³/mol. The van der Waals surface area contributed by atoms with Gasteiger partial charge in [0.2, 0.25) is 0 Å². The molecule has 0 radical (unpaired) electrons. The quantitative estimate of drug-likeness (QED) is 0.772. The molecule has 0 aliphatic heterocycles. The molecule has 0 saturated heterocycles. The van der Waals surface area contributed by atoms with Crippen molar-refractivity contribution in [1.29, 1.82) is 0 Å². The fourth-order valence-corrected chi connectivity index (χ4v) is 1.21. The maximum absolute atomic E-state index is 5.46. The number of hydrogen-bond acceptors (Lipinski definition) is 4. The van der Waals surface area contributed by atoms with Gasteiger partial charge in [-0.3, -0.25) is 0 Å². The minimum absolute atomic E-state index is 0.544. The molecule has 5 nitrogen and oxygen atoms in total. The zero-order valence-electron chi connectivity index (χ0n) is 7.97. The largest absolute Gasteiger partial charge is 0.439 e. The Kier molecular flexibility index (Phi) is 2.32. The maximum atomic E-state index is 5.46. The molecule has 0 spiro atoms. The van der Waals surface area contributed by atoms with Gasteiger partial charge in [-0.25, -0.2) is 9.97 Å². The molecule has 0 bridgehead atoms. The normalized spacial score (nSPS) is 10.7. The second-order valence-corrected chi connectivity index (χ2v) is 3.08. The smallest absolute Gasteiger partial charge is 0.196 e. The lowest BCUT2D eigenvalue weighted by Crippen LogP contribution is -2.02. The van der Waals surface area contributed by atoms with Crippen molar-refractivity contribution < 1.29 is 4.42 Å². The van der Waals surface area contributed by atoms with Crippen molar-refractivity contribution in [1.82, 2.24) is 14.5 Å². The van der Waals surface area contributed by atoms with Crippen LogP contribution in [0.15, 0.2) is 23.1 Å². The fraction of sp³-hybridized carbons (Fsp3) is 0.333. The van der Waals surface area contributed by atoms with Crippen LogP contribution in [0.25, 0.3) is 11.5 Å². The van der Waals surface area contributed by atoms with Gasteiger partial charge in [-0.1, -0.05) is 0 Å². The van der Waals surface area contributed by atoms with Gasteiger partial charge in [-0.15, -0.1) is 0 Å². The summed E-state index contributed by atoms with van der Waals surface area (Å²) in [5.74, 6) is 1.35. The lowest BCUT2D eigenvalue weighted by Gasteiger charge is -1.89. The third kappa shape index (κ3) is 1.67. The summed E-state index contributed by atoms with van der Waals surface area (Å²) < 4.78 is 7.32. The van der Waals surface area contributed by atoms with Crippen LogP contribution in [-0.2, 0) is 13.5 Å². The summed E-state index contributed by atoms with van der Waals surface area (Å²) in [5.41, 5.74) is 6.19. The van der Waals surface area contributed by atoms with E-state index in [0.717, 1.165) is 5.69 Å². The molecule has 2 N–H and O–H groups in total. The summed E-state index contributed by atoms with van der Waals surface area (Å²) in [5, 5.41) is 0. The average molecular weight is 192 g/mol. The van der Waals surface area contributed by atoms with Crippen LogP contribution < -0.4 is 5.73 Å². The summed E-state index contributed by atoms with van der Waals surface area (Å²) in [6.45, 7) is 0.544. The van der Waals surface area contributed by atoms with Crippen molar-refractivity contribution in [2.45, 2.75) is 6.42 Å². The highest BCUT2D eigenvalue weighted by Crippen LogP contribution is 2.17. The van der Waals surface area contributed by atoms with Crippen molar-refractivity contribution in [3.63, 3.8) is 0 Å². The first-order chi connectivity index (χ1) is 6.79. The molecule has 2 aromatic heterocycles. The predicted octanol–water partition coefficient (Wildman–Crippen LogP) is 0.576. The highest BCUT2D eigenvalue weighted by molar-refractivity contribution is 5.48. The maximum Gasteiger partial charge on any atom is 0.196 e. The molecule has 2 rings (SSSR count). The van der Waals surface area contributed by atoms with Crippen LogP contribution in [0.1, 0.15) is 5.89 Å². The van der Waals surface area contributed by atoms with E-state index in [2.05, 4.69) is 9.97 Å². The van der Waals surface area contributed by atoms with E-state index < -0.39 is 0 Å². The summed E-state index contributed by atoms with van der Waals surface area (Å²) in [7, 11) is 1.91. The van der Waals surface area contributed by atoms with Crippen LogP contribution in [0.3, 0.4) is 0 Å². The van der Waals surface area contributed by atoms with Crippen molar-refractivity contribution >= 4 is 0 Å². The Morgan fingerprint density at radius 3 is 3.00 bits per heavy atom. The molecule has 0 atom stereocenters. The van der Waals surface area contributed by atoms with Gasteiger partial charge in [0.15, 0.2) is 11.7 Å². The molecule has 14 heavy (non-hydrogen) atoms. The van der Waals surface area contributed by atoms with E-state index in [1.165, 1.54) is 0 Å². The van der Waals surface area contributed by atoms with E-state index in [4.69, 9.17) is 10.2 Å². The van der Waals surface area contributed by atoms with E-state index in [0.29, 0.717) is 24.6 Å². The lowest BCUT2D eigenvalue weighted by atomic mass is 10.4. The Balaban J connectivity index is 2.24. The van der Waals surface area contributed by atoms with Gasteiger partial charge < -0.3 is 14.7 Å². The highest BCUT2D eigenvalue weighted by atomic mass is 16.4. The Hall–Kier alpha value is -1.62. The van der Waals surface area contributed by atoms with Crippen molar-refractivity contribution in [3.8, 4) is 11.5 Å². The lowest BCUT2D eigenvalue weighted by molar-refractivity contribution is 0.506. The minimum atomic E-state index is 0.544. The van der Waals surface area contributed by atoms with Crippen LogP contribution >= 0.6 is 0 Å². The molecule has 0 saturated carbocycles.